The number of sulfonamides is 1. The van der Waals surface area contributed by atoms with Gasteiger partial charge in [-0.3, -0.25) is 9.62 Å². The van der Waals surface area contributed by atoms with Crippen molar-refractivity contribution < 1.29 is 13.2 Å². The molecule has 0 amide bonds. The maximum atomic E-state index is 11.3. The number of hydrogen-bond donors (Lipinski definition) is 2. The van der Waals surface area contributed by atoms with Gasteiger partial charge in [-0.1, -0.05) is 18.6 Å². The molecule has 1 aliphatic heterocycles. The first-order valence-corrected chi connectivity index (χ1v) is 11.8. The Morgan fingerprint density at radius 2 is 2.00 bits per heavy atom. The molecule has 1 fully saturated rings. The Kier molecular flexibility index (Phi) is 7.32. The van der Waals surface area contributed by atoms with Gasteiger partial charge in [-0.25, -0.2) is 13.1 Å². The molecule has 9 nitrogen and oxygen atoms in total. The van der Waals surface area contributed by atoms with Crippen LogP contribution in [-0.2, 0) is 23.6 Å². The molecule has 1 aliphatic rings. The molecule has 0 bridgehead atoms. The van der Waals surface area contributed by atoms with E-state index in [4.69, 9.17) is 4.74 Å². The van der Waals surface area contributed by atoms with Crippen LogP contribution < -0.4 is 14.8 Å². The molecule has 2 heterocycles. The summed E-state index contributed by atoms with van der Waals surface area (Å²) in [5, 5.41) is 7.16. The summed E-state index contributed by atoms with van der Waals surface area (Å²) in [7, 11) is -1.69. The maximum absolute atomic E-state index is 11.3. The van der Waals surface area contributed by atoms with Gasteiger partial charge in [0.25, 0.3) is 5.95 Å². The zero-order chi connectivity index (χ0) is 20.7. The van der Waals surface area contributed by atoms with Crippen LogP contribution in [0.25, 0.3) is 0 Å². The highest BCUT2D eigenvalue weighted by molar-refractivity contribution is 7.91. The van der Waals surface area contributed by atoms with Crippen molar-refractivity contribution in [1.29, 1.82) is 0 Å². The van der Waals surface area contributed by atoms with Crippen LogP contribution in [0, 0.1) is 0 Å². The Hall–Kier alpha value is -2.33. The fourth-order valence-corrected chi connectivity index (χ4v) is 3.74. The van der Waals surface area contributed by atoms with Crippen LogP contribution in [0.15, 0.2) is 24.3 Å². The summed E-state index contributed by atoms with van der Waals surface area (Å²) in [5.41, 5.74) is 1.28. The largest absolute Gasteiger partial charge is 0.494 e. The van der Waals surface area contributed by atoms with Crippen molar-refractivity contribution in [2.45, 2.75) is 32.2 Å². The van der Waals surface area contributed by atoms with E-state index in [0.29, 0.717) is 19.1 Å². The minimum atomic E-state index is -3.39. The Labute approximate surface area is 172 Å². The molecule has 3 rings (SSSR count). The molecule has 0 saturated carbocycles. The zero-order valence-corrected chi connectivity index (χ0v) is 17.9. The van der Waals surface area contributed by atoms with Crippen molar-refractivity contribution in [1.82, 2.24) is 19.7 Å². The monoisotopic (exact) mass is 422 g/mol. The first-order chi connectivity index (χ1) is 13.9. The number of piperidine rings is 1. The topological polar surface area (TPSA) is 101 Å². The first-order valence-electron chi connectivity index (χ1n) is 9.96. The second-order valence-electron chi connectivity index (χ2n) is 7.37. The molecule has 0 radical (unpaired) electrons. The number of aromatic nitrogens is 3. The molecular formula is C19H30N6O3S. The summed E-state index contributed by atoms with van der Waals surface area (Å²) in [4.78, 5) is 6.62. The minimum Gasteiger partial charge on any atom is -0.494 e. The number of benzene rings is 1. The van der Waals surface area contributed by atoms with Gasteiger partial charge in [0.15, 0.2) is 0 Å². The van der Waals surface area contributed by atoms with Crippen LogP contribution in [-0.4, -0.2) is 60.6 Å². The van der Waals surface area contributed by atoms with Gasteiger partial charge in [-0.05, 0) is 50.0 Å². The van der Waals surface area contributed by atoms with Crippen molar-refractivity contribution >= 4 is 21.9 Å². The highest BCUT2D eigenvalue weighted by Crippen LogP contribution is 2.18. The quantitative estimate of drug-likeness (QED) is 0.565. The number of rotatable bonds is 10. The molecule has 1 aromatic carbocycles. The predicted octanol–water partition coefficient (Wildman–Crippen LogP) is 2.05. The van der Waals surface area contributed by atoms with E-state index in [2.05, 4.69) is 37.2 Å². The van der Waals surface area contributed by atoms with E-state index >= 15 is 0 Å². The fourth-order valence-electron chi connectivity index (χ4n) is 3.32. The van der Waals surface area contributed by atoms with E-state index in [9.17, 15) is 8.42 Å². The lowest BCUT2D eigenvalue weighted by molar-refractivity contribution is 0.220. The van der Waals surface area contributed by atoms with Crippen LogP contribution >= 0.6 is 0 Å². The molecule has 10 heteroatoms. The number of anilines is 2. The van der Waals surface area contributed by atoms with Gasteiger partial charge < -0.3 is 10.1 Å². The van der Waals surface area contributed by atoms with E-state index in [1.807, 2.05) is 12.1 Å². The average Bonchev–Trinajstić information content (AvgIpc) is 3.00. The van der Waals surface area contributed by atoms with Crippen molar-refractivity contribution in [2.24, 2.45) is 7.05 Å². The molecular weight excluding hydrogens is 392 g/mol. The van der Waals surface area contributed by atoms with Crippen LogP contribution in [0.4, 0.5) is 11.9 Å². The summed E-state index contributed by atoms with van der Waals surface area (Å²) in [6.45, 7) is 4.56. The average molecular weight is 423 g/mol. The van der Waals surface area contributed by atoms with E-state index in [-0.39, 0.29) is 5.95 Å². The van der Waals surface area contributed by atoms with Crippen molar-refractivity contribution in [3.63, 3.8) is 0 Å². The van der Waals surface area contributed by atoms with Gasteiger partial charge in [0, 0.05) is 20.1 Å². The van der Waals surface area contributed by atoms with Gasteiger partial charge in [-0.2, -0.15) is 4.98 Å². The number of likely N-dealkylation sites (tertiary alicyclic amines) is 1. The molecule has 0 spiro atoms. The predicted molar refractivity (Wildman–Crippen MR) is 114 cm³/mol. The Morgan fingerprint density at radius 3 is 2.76 bits per heavy atom. The number of nitrogens with one attached hydrogen (secondary N) is 2. The second-order valence-corrected chi connectivity index (χ2v) is 9.12. The highest BCUT2D eigenvalue weighted by atomic mass is 32.2. The zero-order valence-electron chi connectivity index (χ0n) is 17.1. The second kappa shape index (κ2) is 9.93. The molecule has 29 heavy (non-hydrogen) atoms. The van der Waals surface area contributed by atoms with Crippen LogP contribution in [0.2, 0.25) is 0 Å². The summed E-state index contributed by atoms with van der Waals surface area (Å²) in [5.74, 6) is 1.44. The summed E-state index contributed by atoms with van der Waals surface area (Å²) < 4.78 is 32.1. The molecule has 2 aromatic rings. The summed E-state index contributed by atoms with van der Waals surface area (Å²) >= 11 is 0. The smallest absolute Gasteiger partial charge is 0.257 e. The summed E-state index contributed by atoms with van der Waals surface area (Å²) in [6.07, 6.45) is 5.77. The minimum absolute atomic E-state index is 0.0549. The fraction of sp³-hybridized carbons (Fsp3) is 0.579. The number of aryl methyl sites for hydroxylation is 1. The van der Waals surface area contributed by atoms with Gasteiger partial charge in [0.05, 0.1) is 12.9 Å². The van der Waals surface area contributed by atoms with Crippen LogP contribution in [0.3, 0.4) is 0 Å². The van der Waals surface area contributed by atoms with Gasteiger partial charge in [-0.15, -0.1) is 5.10 Å². The lowest BCUT2D eigenvalue weighted by atomic mass is 10.1. The van der Waals surface area contributed by atoms with Gasteiger partial charge in [0.2, 0.25) is 16.0 Å². The Bertz CT molecular complexity index is 893. The van der Waals surface area contributed by atoms with Crippen LogP contribution in [0.5, 0.6) is 5.75 Å². The van der Waals surface area contributed by atoms with E-state index < -0.39 is 10.0 Å². The van der Waals surface area contributed by atoms with Crippen molar-refractivity contribution in [3.8, 4) is 5.75 Å². The molecule has 160 valence electrons. The molecule has 2 N–H and O–H groups in total. The summed E-state index contributed by atoms with van der Waals surface area (Å²) in [6, 6.07) is 8.30. The molecule has 1 saturated heterocycles. The molecule has 0 atom stereocenters. The Balaban J connectivity index is 1.40. The third kappa shape index (κ3) is 7.21. The van der Waals surface area contributed by atoms with Crippen molar-refractivity contribution in [2.75, 3.05) is 42.5 Å². The molecule has 1 aromatic heterocycles. The van der Waals surface area contributed by atoms with E-state index in [1.54, 1.807) is 7.05 Å². The lowest BCUT2D eigenvalue weighted by Gasteiger charge is -2.26. The lowest BCUT2D eigenvalue weighted by Crippen LogP contribution is -2.29. The molecule has 0 aliphatic carbocycles. The number of nitrogens with zero attached hydrogens (tertiary/aromatic N) is 4. The standard InChI is InChI=1S/C19H30N6O3S/c1-24-19(21-18(22-24)23-29(2,26)27)20-10-7-13-28-17-9-6-8-16(14-17)15-25-11-4-3-5-12-25/h6,8-9,14H,3-5,7,10-13,15H2,1-2H3,(H2,20,21,22,23). The molecule has 0 unspecified atom stereocenters. The SMILES string of the molecule is Cn1nc(NS(C)(=O)=O)nc1NCCCOc1cccc(CN2CCCCC2)c1. The van der Waals surface area contributed by atoms with E-state index in [1.165, 1.54) is 42.6 Å². The highest BCUT2D eigenvalue weighted by Gasteiger charge is 2.11. The third-order valence-corrected chi connectivity index (χ3v) is 5.22. The Morgan fingerprint density at radius 1 is 1.21 bits per heavy atom. The maximum Gasteiger partial charge on any atom is 0.257 e. The third-order valence-electron chi connectivity index (χ3n) is 4.67. The van der Waals surface area contributed by atoms with Crippen LogP contribution in [0.1, 0.15) is 31.2 Å². The number of ether oxygens (including phenoxy) is 1. The normalized spacial score (nSPS) is 15.2. The first kappa shape index (κ1) is 21.4. The van der Waals surface area contributed by atoms with Gasteiger partial charge >= 0.3 is 0 Å². The van der Waals surface area contributed by atoms with Crippen molar-refractivity contribution in [3.05, 3.63) is 29.8 Å². The van der Waals surface area contributed by atoms with E-state index in [0.717, 1.165) is 25.0 Å². The van der Waals surface area contributed by atoms with Gasteiger partial charge in [0.1, 0.15) is 5.75 Å². The number of hydrogen-bond acceptors (Lipinski definition) is 7.